The lowest BCUT2D eigenvalue weighted by Gasteiger charge is -2.38. The van der Waals surface area contributed by atoms with Crippen LogP contribution < -0.4 is 9.47 Å². The molecule has 3 aromatic rings. The molecule has 1 atom stereocenters. The van der Waals surface area contributed by atoms with E-state index in [0.717, 1.165) is 51.3 Å². The normalized spacial score (nSPS) is 20.5. The number of aromatic nitrogens is 1. The molecule has 1 aliphatic heterocycles. The van der Waals surface area contributed by atoms with Gasteiger partial charge in [-0.05, 0) is 35.2 Å². The van der Waals surface area contributed by atoms with E-state index in [1.54, 1.807) is 7.11 Å². The Bertz CT molecular complexity index is 1140. The zero-order valence-electron chi connectivity index (χ0n) is 16.3. The maximum absolute atomic E-state index is 13.2. The van der Waals surface area contributed by atoms with E-state index in [1.807, 2.05) is 42.6 Å². The minimum atomic E-state index is -0.135. The number of hydrogen-bond donors (Lipinski definition) is 1. The molecule has 0 saturated heterocycles. The number of H-pyrrole nitrogens is 1. The van der Waals surface area contributed by atoms with E-state index in [2.05, 4.69) is 24.9 Å². The number of fused-ring (bicyclic) bond motifs is 2. The van der Waals surface area contributed by atoms with Gasteiger partial charge >= 0.3 is 0 Å². The van der Waals surface area contributed by atoms with Crippen LogP contribution in [0.2, 0.25) is 0 Å². The first-order chi connectivity index (χ1) is 13.5. The highest BCUT2D eigenvalue weighted by atomic mass is 16.5. The van der Waals surface area contributed by atoms with E-state index in [4.69, 9.17) is 9.47 Å². The average Bonchev–Trinajstić information content (AvgIpc) is 3.08. The largest absolute Gasteiger partial charge is 0.497 e. The third kappa shape index (κ3) is 2.55. The molecule has 1 aliphatic carbocycles. The summed E-state index contributed by atoms with van der Waals surface area (Å²) in [6.07, 6.45) is 3.33. The van der Waals surface area contributed by atoms with Crippen molar-refractivity contribution in [2.45, 2.75) is 32.6 Å². The molecule has 1 N–H and O–H groups in total. The molecule has 2 aliphatic rings. The van der Waals surface area contributed by atoms with Crippen LogP contribution in [0.15, 0.2) is 60.0 Å². The number of benzene rings is 2. The van der Waals surface area contributed by atoms with Crippen LogP contribution in [-0.4, -0.2) is 17.9 Å². The highest BCUT2D eigenvalue weighted by Crippen LogP contribution is 2.51. The Kier molecular flexibility index (Phi) is 3.66. The van der Waals surface area contributed by atoms with Crippen LogP contribution in [0.1, 0.15) is 43.7 Å². The monoisotopic (exact) mass is 373 g/mol. The summed E-state index contributed by atoms with van der Waals surface area (Å²) in [7, 11) is 1.67. The fourth-order valence-electron chi connectivity index (χ4n) is 4.60. The number of carbonyl (C=O) groups excluding carboxylic acids is 1. The highest BCUT2D eigenvalue weighted by Gasteiger charge is 2.42. The SMILES string of the molecule is COc1ccc2[nH]cc(C3C4=C(CC(C)(C)CC4=O)Oc4ccccc43)c2c1. The third-order valence-corrected chi connectivity index (χ3v) is 5.86. The minimum Gasteiger partial charge on any atom is -0.497 e. The molecular formula is C24H23NO3. The van der Waals surface area contributed by atoms with Crippen molar-refractivity contribution in [2.75, 3.05) is 7.11 Å². The molecule has 142 valence electrons. The van der Waals surface area contributed by atoms with E-state index >= 15 is 0 Å². The van der Waals surface area contributed by atoms with Gasteiger partial charge in [-0.3, -0.25) is 4.79 Å². The predicted octanol–water partition coefficient (Wildman–Crippen LogP) is 5.34. The Morgan fingerprint density at radius 3 is 2.75 bits per heavy atom. The Morgan fingerprint density at radius 2 is 1.93 bits per heavy atom. The van der Waals surface area contributed by atoms with Crippen molar-refractivity contribution in [2.24, 2.45) is 5.41 Å². The zero-order valence-corrected chi connectivity index (χ0v) is 16.3. The summed E-state index contributed by atoms with van der Waals surface area (Å²) in [5, 5.41) is 1.07. The summed E-state index contributed by atoms with van der Waals surface area (Å²) < 4.78 is 11.7. The first kappa shape index (κ1) is 17.1. The van der Waals surface area contributed by atoms with Crippen LogP contribution in [0, 0.1) is 5.41 Å². The molecule has 0 radical (unpaired) electrons. The van der Waals surface area contributed by atoms with Crippen molar-refractivity contribution in [3.05, 3.63) is 71.1 Å². The molecule has 5 rings (SSSR count). The van der Waals surface area contributed by atoms with Gasteiger partial charge in [0, 0.05) is 47.0 Å². The summed E-state index contributed by atoms with van der Waals surface area (Å²) in [4.78, 5) is 16.6. The standard InChI is InChI=1S/C24H23NO3/c1-24(2)11-19(26)23-21(12-24)28-20-7-5-4-6-15(20)22(23)17-13-25-18-9-8-14(27-3)10-16(17)18/h4-10,13,22,25H,11-12H2,1-3H3. The molecule has 2 heterocycles. The van der Waals surface area contributed by atoms with Crippen LogP contribution in [-0.2, 0) is 4.79 Å². The quantitative estimate of drug-likeness (QED) is 0.659. The van der Waals surface area contributed by atoms with E-state index in [9.17, 15) is 4.79 Å². The number of para-hydroxylation sites is 1. The van der Waals surface area contributed by atoms with Crippen LogP contribution in [0.4, 0.5) is 0 Å². The van der Waals surface area contributed by atoms with Crippen LogP contribution >= 0.6 is 0 Å². The summed E-state index contributed by atoms with van der Waals surface area (Å²) in [6, 6.07) is 14.0. The third-order valence-electron chi connectivity index (χ3n) is 5.86. The molecule has 0 spiro atoms. The number of carbonyl (C=O) groups is 1. The van der Waals surface area contributed by atoms with Crippen molar-refractivity contribution in [3.63, 3.8) is 0 Å². The van der Waals surface area contributed by atoms with Crippen molar-refractivity contribution < 1.29 is 14.3 Å². The maximum Gasteiger partial charge on any atom is 0.163 e. The highest BCUT2D eigenvalue weighted by molar-refractivity contribution is 6.01. The van der Waals surface area contributed by atoms with Crippen LogP contribution in [0.25, 0.3) is 10.9 Å². The lowest BCUT2D eigenvalue weighted by atomic mass is 9.70. The smallest absolute Gasteiger partial charge is 0.163 e. The molecule has 1 unspecified atom stereocenters. The minimum absolute atomic E-state index is 0.0871. The van der Waals surface area contributed by atoms with Gasteiger partial charge in [-0.2, -0.15) is 0 Å². The Balaban J connectivity index is 1.77. The lowest BCUT2D eigenvalue weighted by molar-refractivity contribution is -0.118. The van der Waals surface area contributed by atoms with Gasteiger partial charge in [0.15, 0.2) is 5.78 Å². The van der Waals surface area contributed by atoms with Gasteiger partial charge in [-0.25, -0.2) is 0 Å². The molecule has 0 saturated carbocycles. The zero-order chi connectivity index (χ0) is 19.5. The number of allylic oxidation sites excluding steroid dienone is 2. The van der Waals surface area contributed by atoms with Gasteiger partial charge in [0.2, 0.25) is 0 Å². The molecule has 2 aromatic carbocycles. The molecule has 0 amide bonds. The molecule has 0 bridgehead atoms. The molecule has 1 aromatic heterocycles. The van der Waals surface area contributed by atoms with Gasteiger partial charge in [-0.15, -0.1) is 0 Å². The van der Waals surface area contributed by atoms with Gasteiger partial charge in [0.05, 0.1) is 7.11 Å². The van der Waals surface area contributed by atoms with Crippen molar-refractivity contribution in [3.8, 4) is 11.5 Å². The number of ether oxygens (including phenoxy) is 2. The number of ketones is 1. The van der Waals surface area contributed by atoms with Crippen molar-refractivity contribution in [1.29, 1.82) is 0 Å². The number of Topliss-reactive ketones (excluding diaryl/α,β-unsaturated/α-hetero) is 1. The van der Waals surface area contributed by atoms with Gasteiger partial charge in [0.25, 0.3) is 0 Å². The fourth-order valence-corrected chi connectivity index (χ4v) is 4.60. The number of rotatable bonds is 2. The second-order valence-corrected chi connectivity index (χ2v) is 8.51. The second-order valence-electron chi connectivity index (χ2n) is 8.51. The number of methoxy groups -OCH3 is 1. The predicted molar refractivity (Wildman–Crippen MR) is 109 cm³/mol. The van der Waals surface area contributed by atoms with E-state index < -0.39 is 0 Å². The van der Waals surface area contributed by atoms with Crippen LogP contribution in [0.3, 0.4) is 0 Å². The topological polar surface area (TPSA) is 51.3 Å². The van der Waals surface area contributed by atoms with E-state index in [0.29, 0.717) is 6.42 Å². The first-order valence-electron chi connectivity index (χ1n) is 9.65. The van der Waals surface area contributed by atoms with Gasteiger partial charge in [-0.1, -0.05) is 32.0 Å². The van der Waals surface area contributed by atoms with Gasteiger partial charge < -0.3 is 14.5 Å². The van der Waals surface area contributed by atoms with Crippen LogP contribution in [0.5, 0.6) is 11.5 Å². The number of aromatic amines is 1. The Labute approximate surface area is 164 Å². The average molecular weight is 373 g/mol. The van der Waals surface area contributed by atoms with E-state index in [-0.39, 0.29) is 17.1 Å². The Hall–Kier alpha value is -3.01. The lowest BCUT2D eigenvalue weighted by Crippen LogP contribution is -2.32. The summed E-state index contributed by atoms with van der Waals surface area (Å²) in [5.41, 5.74) is 3.88. The summed E-state index contributed by atoms with van der Waals surface area (Å²) >= 11 is 0. The molecule has 28 heavy (non-hydrogen) atoms. The summed E-state index contributed by atoms with van der Waals surface area (Å²) in [5.74, 6) is 2.52. The molecule has 4 heteroatoms. The molecule has 0 fully saturated rings. The second kappa shape index (κ2) is 5.99. The Morgan fingerprint density at radius 1 is 1.11 bits per heavy atom. The maximum atomic E-state index is 13.2. The first-order valence-corrected chi connectivity index (χ1v) is 9.65. The van der Waals surface area contributed by atoms with Crippen molar-refractivity contribution in [1.82, 2.24) is 4.98 Å². The van der Waals surface area contributed by atoms with Crippen molar-refractivity contribution >= 4 is 16.7 Å². The fraction of sp³-hybridized carbons (Fsp3) is 0.292. The molecular weight excluding hydrogens is 350 g/mol. The summed E-state index contributed by atoms with van der Waals surface area (Å²) in [6.45, 7) is 4.26. The number of hydrogen-bond acceptors (Lipinski definition) is 3. The van der Waals surface area contributed by atoms with E-state index in [1.165, 1.54) is 0 Å². The molecule has 4 nitrogen and oxygen atoms in total. The van der Waals surface area contributed by atoms with Gasteiger partial charge in [0.1, 0.15) is 17.3 Å². The number of nitrogens with one attached hydrogen (secondary N) is 1.